The topological polar surface area (TPSA) is 81.8 Å². The number of carboxylic acids is 1. The number of hydrogen-bond acceptors (Lipinski definition) is 4. The molecule has 0 saturated carbocycles. The summed E-state index contributed by atoms with van der Waals surface area (Å²) in [4.78, 5) is 11.1. The Bertz CT molecular complexity index is 501. The van der Waals surface area contributed by atoms with Gasteiger partial charge in [0.2, 0.25) is 6.79 Å². The van der Waals surface area contributed by atoms with Crippen molar-refractivity contribution in [2.75, 3.05) is 6.79 Å². The molecule has 5 nitrogen and oxygen atoms in total. The predicted octanol–water partition coefficient (Wildman–Crippen LogP) is 2.39. The minimum atomic E-state index is -1.08. The maximum Gasteiger partial charge on any atom is 0.325 e. The van der Waals surface area contributed by atoms with Crippen LogP contribution in [0.5, 0.6) is 11.5 Å². The number of ether oxygens (including phenoxy) is 2. The summed E-state index contributed by atoms with van der Waals surface area (Å²) in [5.41, 5.74) is 7.11. The molecule has 0 saturated heterocycles. The first-order chi connectivity index (χ1) is 8.43. The lowest BCUT2D eigenvalue weighted by Gasteiger charge is -2.19. The van der Waals surface area contributed by atoms with Crippen LogP contribution in [-0.2, 0) is 4.79 Å². The first-order valence-corrected chi connectivity index (χ1v) is 6.33. The van der Waals surface area contributed by atoms with Gasteiger partial charge in [0.05, 0.1) is 4.47 Å². The molecule has 0 amide bonds. The van der Waals surface area contributed by atoms with Crippen molar-refractivity contribution in [3.8, 4) is 11.5 Å². The number of aliphatic carboxylic acids is 1. The zero-order chi connectivity index (χ0) is 13.4. The van der Waals surface area contributed by atoms with Crippen molar-refractivity contribution in [3.63, 3.8) is 0 Å². The van der Waals surface area contributed by atoms with Crippen molar-refractivity contribution in [1.82, 2.24) is 0 Å². The third kappa shape index (κ3) is 2.06. The summed E-state index contributed by atoms with van der Waals surface area (Å²) >= 11 is 3.45. The second kappa shape index (κ2) is 4.78. The van der Waals surface area contributed by atoms with Crippen molar-refractivity contribution in [2.24, 2.45) is 5.73 Å². The third-order valence-corrected chi connectivity index (χ3v) is 3.64. The summed E-state index contributed by atoms with van der Waals surface area (Å²) in [5, 5.41) is 9.07. The minimum absolute atomic E-state index is 0.120. The lowest BCUT2D eigenvalue weighted by molar-refractivity contribution is -0.138. The Balaban J connectivity index is 2.64. The van der Waals surface area contributed by atoms with Gasteiger partial charge in [-0.3, -0.25) is 4.79 Å². The van der Waals surface area contributed by atoms with Crippen LogP contribution in [0.25, 0.3) is 0 Å². The fraction of sp³-hybridized carbons (Fsp3) is 0.417. The zero-order valence-electron chi connectivity index (χ0n) is 10.1. The second-order valence-electron chi connectivity index (χ2n) is 4.40. The highest BCUT2D eigenvalue weighted by molar-refractivity contribution is 9.10. The molecular weight excluding hydrogens is 302 g/mol. The molecule has 98 valence electrons. The van der Waals surface area contributed by atoms with E-state index in [-0.39, 0.29) is 12.7 Å². The van der Waals surface area contributed by atoms with Crippen LogP contribution >= 0.6 is 15.9 Å². The van der Waals surface area contributed by atoms with Crippen molar-refractivity contribution in [3.05, 3.63) is 21.7 Å². The van der Waals surface area contributed by atoms with Crippen molar-refractivity contribution < 1.29 is 19.4 Å². The summed E-state index contributed by atoms with van der Waals surface area (Å²) < 4.78 is 11.4. The van der Waals surface area contributed by atoms with Crippen LogP contribution in [0.1, 0.15) is 36.9 Å². The molecule has 1 aromatic rings. The summed E-state index contributed by atoms with van der Waals surface area (Å²) in [7, 11) is 0. The predicted molar refractivity (Wildman–Crippen MR) is 68.9 cm³/mol. The van der Waals surface area contributed by atoms with Gasteiger partial charge in [-0.15, -0.1) is 0 Å². The highest BCUT2D eigenvalue weighted by atomic mass is 79.9. The summed E-state index contributed by atoms with van der Waals surface area (Å²) in [6.07, 6.45) is 0. The van der Waals surface area contributed by atoms with E-state index in [0.717, 1.165) is 10.0 Å². The maximum atomic E-state index is 11.1. The van der Waals surface area contributed by atoms with Crippen LogP contribution in [0.4, 0.5) is 0 Å². The molecule has 0 aromatic heterocycles. The molecule has 1 aliphatic rings. The third-order valence-electron chi connectivity index (χ3n) is 2.85. The lowest BCUT2D eigenvalue weighted by atomic mass is 9.92. The maximum absolute atomic E-state index is 11.1. The van der Waals surface area contributed by atoms with Gasteiger partial charge in [-0.05, 0) is 39.0 Å². The molecule has 6 heteroatoms. The zero-order valence-corrected chi connectivity index (χ0v) is 11.7. The summed E-state index contributed by atoms with van der Waals surface area (Å²) in [6.45, 7) is 4.08. The molecule has 1 aromatic carbocycles. The van der Waals surface area contributed by atoms with E-state index in [0.29, 0.717) is 17.1 Å². The number of carbonyl (C=O) groups is 1. The van der Waals surface area contributed by atoms with Crippen molar-refractivity contribution >= 4 is 21.9 Å². The highest BCUT2D eigenvalue weighted by Crippen LogP contribution is 2.46. The van der Waals surface area contributed by atoms with Crippen molar-refractivity contribution in [1.29, 1.82) is 0 Å². The first-order valence-electron chi connectivity index (χ1n) is 5.53. The van der Waals surface area contributed by atoms with E-state index in [9.17, 15) is 4.79 Å². The Hall–Kier alpha value is -1.27. The van der Waals surface area contributed by atoms with Crippen LogP contribution in [0, 0.1) is 0 Å². The van der Waals surface area contributed by atoms with Gasteiger partial charge in [0, 0.05) is 0 Å². The smallest absolute Gasteiger partial charge is 0.325 e. The molecule has 0 bridgehead atoms. The van der Waals surface area contributed by atoms with Gasteiger partial charge in [-0.1, -0.05) is 13.8 Å². The Morgan fingerprint density at radius 2 is 2.17 bits per heavy atom. The number of hydrogen-bond donors (Lipinski definition) is 2. The monoisotopic (exact) mass is 315 g/mol. The number of nitrogens with two attached hydrogens (primary N) is 1. The van der Waals surface area contributed by atoms with Crippen LogP contribution in [0.2, 0.25) is 0 Å². The average Bonchev–Trinajstić information content (AvgIpc) is 2.75. The van der Waals surface area contributed by atoms with Crippen LogP contribution in [0.3, 0.4) is 0 Å². The van der Waals surface area contributed by atoms with Gasteiger partial charge < -0.3 is 20.3 Å². The molecule has 0 fully saturated rings. The minimum Gasteiger partial charge on any atom is -0.480 e. The van der Waals surface area contributed by atoms with Gasteiger partial charge in [0.25, 0.3) is 0 Å². The molecule has 0 spiro atoms. The van der Waals surface area contributed by atoms with E-state index in [1.807, 2.05) is 13.8 Å². The quantitative estimate of drug-likeness (QED) is 0.895. The van der Waals surface area contributed by atoms with Gasteiger partial charge in [0.15, 0.2) is 11.5 Å². The van der Waals surface area contributed by atoms with E-state index in [2.05, 4.69) is 15.9 Å². The Morgan fingerprint density at radius 1 is 1.50 bits per heavy atom. The molecule has 1 heterocycles. The number of fused-ring (bicyclic) bond motifs is 1. The van der Waals surface area contributed by atoms with Gasteiger partial charge in [0.1, 0.15) is 6.04 Å². The second-order valence-corrected chi connectivity index (χ2v) is 5.19. The number of halogens is 1. The van der Waals surface area contributed by atoms with Crippen LogP contribution in [0.15, 0.2) is 10.5 Å². The lowest BCUT2D eigenvalue weighted by Crippen LogP contribution is -2.22. The first kappa shape index (κ1) is 13.2. The molecule has 1 aliphatic heterocycles. The molecular formula is C12H14BrNO4. The molecule has 1 unspecified atom stereocenters. The highest BCUT2D eigenvalue weighted by Gasteiger charge is 2.28. The molecule has 1 atom stereocenters. The van der Waals surface area contributed by atoms with Crippen LogP contribution in [-0.4, -0.2) is 17.9 Å². The Morgan fingerprint density at radius 3 is 2.72 bits per heavy atom. The standard InChI is InChI=1S/C12H14BrNO4/c1-5(2)8-6(10(14)12(15)16)3-7-11(9(8)13)18-4-17-7/h3,5,10H,4,14H2,1-2H3,(H,15,16). The molecule has 0 aliphatic carbocycles. The van der Waals surface area contributed by atoms with Crippen molar-refractivity contribution in [2.45, 2.75) is 25.8 Å². The summed E-state index contributed by atoms with van der Waals surface area (Å²) in [6, 6.07) is 0.578. The number of rotatable bonds is 3. The fourth-order valence-electron chi connectivity index (χ4n) is 2.01. The normalized spacial score (nSPS) is 14.9. The summed E-state index contributed by atoms with van der Waals surface area (Å²) in [5.74, 6) is 0.190. The fourth-order valence-corrected chi connectivity index (χ4v) is 3.01. The number of carboxylic acid groups (broad SMARTS) is 1. The van der Waals surface area contributed by atoms with Gasteiger partial charge in [-0.2, -0.15) is 0 Å². The molecule has 2 rings (SSSR count). The van der Waals surface area contributed by atoms with E-state index < -0.39 is 12.0 Å². The van der Waals surface area contributed by atoms with Crippen LogP contribution < -0.4 is 15.2 Å². The SMILES string of the molecule is CC(C)c1c(C(N)C(=O)O)cc2c(c1Br)OCO2. The van der Waals surface area contributed by atoms with E-state index in [1.165, 1.54) is 0 Å². The van der Waals surface area contributed by atoms with E-state index >= 15 is 0 Å². The van der Waals surface area contributed by atoms with Gasteiger partial charge in [-0.25, -0.2) is 0 Å². The number of benzene rings is 1. The largest absolute Gasteiger partial charge is 0.480 e. The van der Waals surface area contributed by atoms with E-state index in [4.69, 9.17) is 20.3 Å². The average molecular weight is 316 g/mol. The van der Waals surface area contributed by atoms with Gasteiger partial charge >= 0.3 is 5.97 Å². The Kier molecular flexibility index (Phi) is 3.49. The molecule has 18 heavy (non-hydrogen) atoms. The molecule has 0 radical (unpaired) electrons. The van der Waals surface area contributed by atoms with E-state index in [1.54, 1.807) is 6.07 Å². The Labute approximate surface area is 113 Å². The molecule has 3 N–H and O–H groups in total.